The van der Waals surface area contributed by atoms with Crippen LogP contribution in [0.2, 0.25) is 0 Å². The van der Waals surface area contributed by atoms with Crippen molar-refractivity contribution in [3.05, 3.63) is 30.3 Å². The van der Waals surface area contributed by atoms with E-state index in [0.29, 0.717) is 5.06 Å². The zero-order valence-corrected chi connectivity index (χ0v) is 12.6. The molecule has 0 spiro atoms. The minimum absolute atomic E-state index is 0.0530. The van der Waals surface area contributed by atoms with Gasteiger partial charge in [0.1, 0.15) is 5.75 Å². The third kappa shape index (κ3) is 5.92. The highest BCUT2D eigenvalue weighted by atomic mass is 16.8. The van der Waals surface area contributed by atoms with Gasteiger partial charge < -0.3 is 9.47 Å². The van der Waals surface area contributed by atoms with Crippen LogP contribution in [0.15, 0.2) is 30.3 Å². The topological polar surface area (TPSA) is 82.1 Å². The predicted octanol–water partition coefficient (Wildman–Crippen LogP) is 2.31. The number of carbonyl (C=O) groups is 3. The summed E-state index contributed by atoms with van der Waals surface area (Å²) in [6, 6.07) is 8.21. The fourth-order valence-electron chi connectivity index (χ4n) is 1.54. The minimum atomic E-state index is -1.11. The first-order chi connectivity index (χ1) is 10.6. The summed E-state index contributed by atoms with van der Waals surface area (Å²) in [6.45, 7) is 5.67. The summed E-state index contributed by atoms with van der Waals surface area (Å²) in [4.78, 5) is 38.1. The molecule has 1 fully saturated rings. The zero-order chi connectivity index (χ0) is 16.4. The molecule has 1 heterocycles. The lowest BCUT2D eigenvalue weighted by Crippen LogP contribution is -2.33. The van der Waals surface area contributed by atoms with Crippen LogP contribution in [-0.4, -0.2) is 36.2 Å². The Morgan fingerprint density at radius 2 is 1.59 bits per heavy atom. The van der Waals surface area contributed by atoms with E-state index in [1.54, 1.807) is 30.3 Å². The molecule has 2 amide bonds. The van der Waals surface area contributed by atoms with Crippen LogP contribution >= 0.6 is 0 Å². The molecule has 22 heavy (non-hydrogen) atoms. The fourth-order valence-corrected chi connectivity index (χ4v) is 1.54. The number of hydrogen-bond acceptors (Lipinski definition) is 6. The van der Waals surface area contributed by atoms with Gasteiger partial charge in [-0.15, -0.1) is 0 Å². The summed E-state index contributed by atoms with van der Waals surface area (Å²) in [5.41, 5.74) is 0. The SMILES string of the molecule is CCOCC.O=C(Oc1ccccc1)ON1C(=O)CCC1=O. The van der Waals surface area contributed by atoms with Gasteiger partial charge >= 0.3 is 6.16 Å². The number of hydroxylamine groups is 2. The van der Waals surface area contributed by atoms with Crippen LogP contribution in [0.1, 0.15) is 26.7 Å². The van der Waals surface area contributed by atoms with Gasteiger partial charge in [-0.05, 0) is 26.0 Å². The smallest absolute Gasteiger partial charge is 0.393 e. The van der Waals surface area contributed by atoms with Crippen molar-refractivity contribution in [3.63, 3.8) is 0 Å². The van der Waals surface area contributed by atoms with E-state index in [1.807, 2.05) is 13.8 Å². The van der Waals surface area contributed by atoms with Crippen molar-refractivity contribution in [1.29, 1.82) is 0 Å². The molecule has 0 radical (unpaired) electrons. The van der Waals surface area contributed by atoms with Crippen molar-refractivity contribution in [2.24, 2.45) is 0 Å². The average molecular weight is 309 g/mol. The molecule has 0 atom stereocenters. The number of benzene rings is 1. The monoisotopic (exact) mass is 309 g/mol. The van der Waals surface area contributed by atoms with Crippen LogP contribution < -0.4 is 4.74 Å². The summed E-state index contributed by atoms with van der Waals surface area (Å²) in [5, 5.41) is 0.436. The van der Waals surface area contributed by atoms with Crippen molar-refractivity contribution >= 4 is 18.0 Å². The number of nitrogens with zero attached hydrogens (tertiary/aromatic N) is 1. The average Bonchev–Trinajstić information content (AvgIpc) is 2.82. The van der Waals surface area contributed by atoms with Crippen molar-refractivity contribution in [3.8, 4) is 5.75 Å². The van der Waals surface area contributed by atoms with Gasteiger partial charge in [-0.1, -0.05) is 23.3 Å². The van der Waals surface area contributed by atoms with Gasteiger partial charge in [0.15, 0.2) is 0 Å². The molecule has 0 N–H and O–H groups in total. The molecule has 1 saturated heterocycles. The molecule has 0 saturated carbocycles. The van der Waals surface area contributed by atoms with E-state index < -0.39 is 18.0 Å². The largest absolute Gasteiger partial charge is 0.539 e. The molecule has 2 rings (SSSR count). The highest BCUT2D eigenvalue weighted by molar-refractivity contribution is 6.01. The van der Waals surface area contributed by atoms with Gasteiger partial charge in [-0.25, -0.2) is 4.79 Å². The quantitative estimate of drug-likeness (QED) is 0.482. The van der Waals surface area contributed by atoms with E-state index in [-0.39, 0.29) is 18.6 Å². The first-order valence-corrected chi connectivity index (χ1v) is 6.96. The third-order valence-corrected chi connectivity index (χ3v) is 2.52. The Balaban J connectivity index is 0.000000422. The molecular formula is C15H19NO6. The number of ether oxygens (including phenoxy) is 2. The second-order valence-corrected chi connectivity index (χ2v) is 4.12. The fraction of sp³-hybridized carbons (Fsp3) is 0.400. The van der Waals surface area contributed by atoms with Crippen LogP contribution in [0, 0.1) is 0 Å². The minimum Gasteiger partial charge on any atom is -0.393 e. The molecular weight excluding hydrogens is 290 g/mol. The predicted molar refractivity (Wildman–Crippen MR) is 76.8 cm³/mol. The summed E-state index contributed by atoms with van der Waals surface area (Å²) in [5.74, 6) is -0.809. The Morgan fingerprint density at radius 1 is 1.05 bits per heavy atom. The zero-order valence-electron chi connectivity index (χ0n) is 12.6. The van der Waals surface area contributed by atoms with Gasteiger partial charge in [0.2, 0.25) is 0 Å². The van der Waals surface area contributed by atoms with Gasteiger partial charge in [0.05, 0.1) is 0 Å². The molecule has 7 heteroatoms. The number of imide groups is 1. The number of para-hydroxylation sites is 1. The Hall–Kier alpha value is -2.41. The number of hydrogen-bond donors (Lipinski definition) is 0. The highest BCUT2D eigenvalue weighted by Gasteiger charge is 2.33. The molecule has 7 nitrogen and oxygen atoms in total. The lowest BCUT2D eigenvalue weighted by atomic mass is 10.3. The van der Waals surface area contributed by atoms with Crippen LogP contribution in [0.3, 0.4) is 0 Å². The Kier molecular flexibility index (Phi) is 7.63. The maximum Gasteiger partial charge on any atom is 0.539 e. The second-order valence-electron chi connectivity index (χ2n) is 4.12. The van der Waals surface area contributed by atoms with Crippen molar-refractivity contribution in [2.75, 3.05) is 13.2 Å². The van der Waals surface area contributed by atoms with Gasteiger partial charge in [0.25, 0.3) is 11.8 Å². The van der Waals surface area contributed by atoms with Crippen molar-refractivity contribution < 1.29 is 28.7 Å². The first kappa shape index (κ1) is 17.6. The normalized spacial score (nSPS) is 13.5. The number of carbonyl (C=O) groups excluding carboxylic acids is 3. The standard InChI is InChI=1S/C11H9NO5.C4H10O/c13-9-6-7-10(14)12(9)17-11(15)16-8-4-2-1-3-5-8;1-3-5-4-2/h1-5H,6-7H2;3-4H2,1-2H3. The van der Waals surface area contributed by atoms with E-state index in [0.717, 1.165) is 13.2 Å². The van der Waals surface area contributed by atoms with E-state index in [9.17, 15) is 14.4 Å². The third-order valence-electron chi connectivity index (χ3n) is 2.52. The Morgan fingerprint density at radius 3 is 2.05 bits per heavy atom. The summed E-state index contributed by atoms with van der Waals surface area (Å²) in [7, 11) is 0. The molecule has 1 aliphatic heterocycles. The van der Waals surface area contributed by atoms with Crippen molar-refractivity contribution in [2.45, 2.75) is 26.7 Å². The van der Waals surface area contributed by atoms with E-state index >= 15 is 0 Å². The molecule has 1 aliphatic rings. The van der Waals surface area contributed by atoms with Gasteiger partial charge in [-0.2, -0.15) is 0 Å². The molecule has 0 unspecified atom stereocenters. The lowest BCUT2D eigenvalue weighted by Gasteiger charge is -2.11. The summed E-state index contributed by atoms with van der Waals surface area (Å²) < 4.78 is 9.60. The van der Waals surface area contributed by atoms with E-state index in [2.05, 4.69) is 4.84 Å². The molecule has 120 valence electrons. The van der Waals surface area contributed by atoms with Crippen molar-refractivity contribution in [1.82, 2.24) is 5.06 Å². The molecule has 1 aromatic carbocycles. The molecule has 0 bridgehead atoms. The van der Waals surface area contributed by atoms with E-state index in [4.69, 9.17) is 9.47 Å². The summed E-state index contributed by atoms with van der Waals surface area (Å²) in [6.07, 6.45) is -1.01. The highest BCUT2D eigenvalue weighted by Crippen LogP contribution is 2.14. The summed E-state index contributed by atoms with van der Waals surface area (Å²) >= 11 is 0. The number of amides is 2. The maximum atomic E-state index is 11.3. The molecule has 0 aliphatic carbocycles. The van der Waals surface area contributed by atoms with Crippen LogP contribution in [0.4, 0.5) is 4.79 Å². The molecule has 1 aromatic rings. The Labute approximate surface area is 128 Å². The number of rotatable bonds is 4. The Bertz CT molecular complexity index is 484. The first-order valence-electron chi connectivity index (χ1n) is 6.96. The lowest BCUT2D eigenvalue weighted by molar-refractivity contribution is -0.174. The second kappa shape index (κ2) is 9.51. The van der Waals surface area contributed by atoms with E-state index in [1.165, 1.54) is 0 Å². The van der Waals surface area contributed by atoms with Crippen LogP contribution in [-0.2, 0) is 19.2 Å². The van der Waals surface area contributed by atoms with Gasteiger partial charge in [0, 0.05) is 26.1 Å². The molecule has 0 aromatic heterocycles. The van der Waals surface area contributed by atoms with Crippen LogP contribution in [0.5, 0.6) is 5.75 Å². The van der Waals surface area contributed by atoms with Gasteiger partial charge in [-0.3, -0.25) is 14.4 Å². The van der Waals surface area contributed by atoms with Crippen LogP contribution in [0.25, 0.3) is 0 Å². The maximum absolute atomic E-state index is 11.3.